The summed E-state index contributed by atoms with van der Waals surface area (Å²) < 4.78 is 5.19. The minimum atomic E-state index is -0.775. The number of benzene rings is 1. The molecule has 4 nitrogen and oxygen atoms in total. The fourth-order valence-electron chi connectivity index (χ4n) is 3.00. The van der Waals surface area contributed by atoms with Crippen LogP contribution in [0.2, 0.25) is 0 Å². The molecule has 1 aliphatic carbocycles. The van der Waals surface area contributed by atoms with Crippen LogP contribution in [-0.4, -0.2) is 24.0 Å². The molecule has 1 aliphatic rings. The van der Waals surface area contributed by atoms with Crippen molar-refractivity contribution in [1.82, 2.24) is 0 Å². The zero-order valence-corrected chi connectivity index (χ0v) is 11.7. The monoisotopic (exact) mass is 276 g/mol. The molecule has 1 aromatic rings. The van der Waals surface area contributed by atoms with Crippen molar-refractivity contribution < 1.29 is 19.4 Å². The molecular formula is C16H20O4. The Bertz CT molecular complexity index is 495. The average molecular weight is 276 g/mol. The lowest BCUT2D eigenvalue weighted by atomic mass is 9.76. The van der Waals surface area contributed by atoms with E-state index >= 15 is 0 Å². The molecule has 0 spiro atoms. The fourth-order valence-corrected chi connectivity index (χ4v) is 3.00. The van der Waals surface area contributed by atoms with Crippen molar-refractivity contribution in [2.45, 2.75) is 32.1 Å². The van der Waals surface area contributed by atoms with Crippen LogP contribution in [-0.2, 0) is 4.79 Å². The van der Waals surface area contributed by atoms with Crippen LogP contribution in [0.1, 0.15) is 42.5 Å². The molecule has 4 heteroatoms. The lowest BCUT2D eigenvalue weighted by molar-refractivity contribution is -0.144. The third-order valence-electron chi connectivity index (χ3n) is 4.08. The van der Waals surface area contributed by atoms with E-state index in [-0.39, 0.29) is 24.0 Å². The smallest absolute Gasteiger partial charge is 0.306 e. The first-order valence-corrected chi connectivity index (χ1v) is 7.02. The van der Waals surface area contributed by atoms with Crippen LogP contribution in [0.25, 0.3) is 0 Å². The van der Waals surface area contributed by atoms with Crippen molar-refractivity contribution in [3.63, 3.8) is 0 Å². The molecule has 1 N–H and O–H groups in total. The Hall–Kier alpha value is -1.84. The van der Waals surface area contributed by atoms with Gasteiger partial charge in [-0.05, 0) is 30.9 Å². The van der Waals surface area contributed by atoms with Gasteiger partial charge < -0.3 is 9.84 Å². The van der Waals surface area contributed by atoms with E-state index < -0.39 is 5.97 Å². The van der Waals surface area contributed by atoms with Gasteiger partial charge in [0.1, 0.15) is 5.75 Å². The first-order valence-electron chi connectivity index (χ1n) is 7.02. The SMILES string of the molecule is COc1ccccc1C(=O)C[C@H]1CCCC[C@H]1C(=O)O. The number of carboxylic acid groups (broad SMARTS) is 1. The molecule has 2 rings (SSSR count). The first kappa shape index (κ1) is 14.6. The van der Waals surface area contributed by atoms with E-state index in [1.54, 1.807) is 18.2 Å². The van der Waals surface area contributed by atoms with Crippen LogP contribution in [0, 0.1) is 11.8 Å². The van der Waals surface area contributed by atoms with Crippen LogP contribution >= 0.6 is 0 Å². The number of para-hydroxylation sites is 1. The highest BCUT2D eigenvalue weighted by molar-refractivity contribution is 5.99. The van der Waals surface area contributed by atoms with Crippen molar-refractivity contribution in [3.05, 3.63) is 29.8 Å². The Morgan fingerprint density at radius 3 is 2.65 bits per heavy atom. The van der Waals surface area contributed by atoms with E-state index in [0.717, 1.165) is 19.3 Å². The van der Waals surface area contributed by atoms with Gasteiger partial charge in [-0.25, -0.2) is 0 Å². The van der Waals surface area contributed by atoms with Gasteiger partial charge in [0.25, 0.3) is 0 Å². The average Bonchev–Trinajstić information content (AvgIpc) is 2.47. The first-order chi connectivity index (χ1) is 9.63. The Balaban J connectivity index is 2.11. The zero-order valence-electron chi connectivity index (χ0n) is 11.7. The third-order valence-corrected chi connectivity index (χ3v) is 4.08. The number of methoxy groups -OCH3 is 1. The molecule has 0 unspecified atom stereocenters. The summed E-state index contributed by atoms with van der Waals surface area (Å²) in [5, 5.41) is 9.26. The summed E-state index contributed by atoms with van der Waals surface area (Å²) in [6, 6.07) is 7.10. The summed E-state index contributed by atoms with van der Waals surface area (Å²) in [5.74, 6) is -0.690. The number of carbonyl (C=O) groups is 2. The summed E-state index contributed by atoms with van der Waals surface area (Å²) >= 11 is 0. The molecule has 1 aromatic carbocycles. The fraction of sp³-hybridized carbons (Fsp3) is 0.500. The van der Waals surface area contributed by atoms with Crippen molar-refractivity contribution in [1.29, 1.82) is 0 Å². The maximum absolute atomic E-state index is 12.4. The third kappa shape index (κ3) is 3.18. The van der Waals surface area contributed by atoms with Crippen molar-refractivity contribution in [2.24, 2.45) is 11.8 Å². The predicted molar refractivity (Wildman–Crippen MR) is 75.0 cm³/mol. The summed E-state index contributed by atoms with van der Waals surface area (Å²) in [6.45, 7) is 0. The maximum Gasteiger partial charge on any atom is 0.306 e. The lowest BCUT2D eigenvalue weighted by Crippen LogP contribution is -2.28. The van der Waals surface area contributed by atoms with Gasteiger partial charge in [-0.1, -0.05) is 25.0 Å². The molecular weight excluding hydrogens is 256 g/mol. The van der Waals surface area contributed by atoms with Crippen LogP contribution in [0.15, 0.2) is 24.3 Å². The van der Waals surface area contributed by atoms with Gasteiger partial charge in [-0.3, -0.25) is 9.59 Å². The minimum absolute atomic E-state index is 0.0272. The van der Waals surface area contributed by atoms with Crippen LogP contribution in [0.5, 0.6) is 5.75 Å². The summed E-state index contributed by atoms with van der Waals surface area (Å²) in [7, 11) is 1.53. The number of hydrogen-bond donors (Lipinski definition) is 1. The number of Topliss-reactive ketones (excluding diaryl/α,β-unsaturated/α-hetero) is 1. The molecule has 0 aromatic heterocycles. The molecule has 108 valence electrons. The normalized spacial score (nSPS) is 22.2. The quantitative estimate of drug-likeness (QED) is 0.839. The lowest BCUT2D eigenvalue weighted by Gasteiger charge is -2.28. The molecule has 0 radical (unpaired) electrons. The van der Waals surface area contributed by atoms with E-state index in [2.05, 4.69) is 0 Å². The number of carbonyl (C=O) groups excluding carboxylic acids is 1. The van der Waals surface area contributed by atoms with E-state index in [1.165, 1.54) is 7.11 Å². The molecule has 20 heavy (non-hydrogen) atoms. The molecule has 2 atom stereocenters. The van der Waals surface area contributed by atoms with E-state index in [9.17, 15) is 14.7 Å². The van der Waals surface area contributed by atoms with Gasteiger partial charge >= 0.3 is 5.97 Å². The maximum atomic E-state index is 12.4. The zero-order chi connectivity index (χ0) is 14.5. The molecule has 0 bridgehead atoms. The van der Waals surface area contributed by atoms with E-state index in [0.29, 0.717) is 17.7 Å². The van der Waals surface area contributed by atoms with Crippen LogP contribution in [0.3, 0.4) is 0 Å². The Labute approximate surface area is 118 Å². The highest BCUT2D eigenvalue weighted by atomic mass is 16.5. The summed E-state index contributed by atoms with van der Waals surface area (Å²) in [4.78, 5) is 23.7. The second kappa shape index (κ2) is 6.55. The second-order valence-electron chi connectivity index (χ2n) is 5.32. The second-order valence-corrected chi connectivity index (χ2v) is 5.32. The van der Waals surface area contributed by atoms with Crippen molar-refractivity contribution in [2.75, 3.05) is 7.11 Å². The van der Waals surface area contributed by atoms with Gasteiger partial charge in [0.15, 0.2) is 5.78 Å². The molecule has 1 fully saturated rings. The number of aliphatic carboxylic acids is 1. The molecule has 0 heterocycles. The summed E-state index contributed by atoms with van der Waals surface area (Å²) in [5.41, 5.74) is 0.546. The van der Waals surface area contributed by atoms with Gasteiger partial charge in [0, 0.05) is 6.42 Å². The van der Waals surface area contributed by atoms with Crippen molar-refractivity contribution >= 4 is 11.8 Å². The number of hydrogen-bond acceptors (Lipinski definition) is 3. The molecule has 0 amide bonds. The predicted octanol–water partition coefficient (Wildman–Crippen LogP) is 3.16. The highest BCUT2D eigenvalue weighted by Crippen LogP contribution is 2.34. The van der Waals surface area contributed by atoms with E-state index in [4.69, 9.17) is 4.74 Å². The standard InChI is InChI=1S/C16H20O4/c1-20-15-9-5-4-8-13(15)14(17)10-11-6-2-3-7-12(11)16(18)19/h4-5,8-9,11-12H,2-3,6-7,10H2,1H3,(H,18,19)/t11-,12-/m1/s1. The molecule has 0 aliphatic heterocycles. The Kier molecular flexibility index (Phi) is 4.77. The number of ketones is 1. The topological polar surface area (TPSA) is 63.6 Å². The number of ether oxygens (including phenoxy) is 1. The van der Waals surface area contributed by atoms with E-state index in [1.807, 2.05) is 6.07 Å². The van der Waals surface area contributed by atoms with Crippen LogP contribution in [0.4, 0.5) is 0 Å². The Morgan fingerprint density at radius 2 is 1.95 bits per heavy atom. The van der Waals surface area contributed by atoms with Gasteiger partial charge in [-0.2, -0.15) is 0 Å². The molecule has 0 saturated heterocycles. The number of carboxylic acids is 1. The van der Waals surface area contributed by atoms with Crippen molar-refractivity contribution in [3.8, 4) is 5.75 Å². The van der Waals surface area contributed by atoms with Crippen LogP contribution < -0.4 is 4.74 Å². The minimum Gasteiger partial charge on any atom is -0.496 e. The largest absolute Gasteiger partial charge is 0.496 e. The number of rotatable bonds is 5. The summed E-state index contributed by atoms with van der Waals surface area (Å²) in [6.07, 6.45) is 3.73. The van der Waals surface area contributed by atoms with Gasteiger partial charge in [0.05, 0.1) is 18.6 Å². The molecule has 1 saturated carbocycles. The van der Waals surface area contributed by atoms with Gasteiger partial charge in [0.2, 0.25) is 0 Å². The van der Waals surface area contributed by atoms with Gasteiger partial charge in [-0.15, -0.1) is 0 Å². The highest BCUT2D eigenvalue weighted by Gasteiger charge is 2.32. The Morgan fingerprint density at radius 1 is 1.25 bits per heavy atom.